The van der Waals surface area contributed by atoms with Gasteiger partial charge in [0.15, 0.2) is 0 Å². The van der Waals surface area contributed by atoms with Crippen molar-refractivity contribution < 1.29 is 25.8 Å². The minimum atomic E-state index is 0. The SMILES string of the molecule is CCCCC(C)CP[c-]1ccc2ccccc21.CCl.[Hf+4].c1cc2cs[cH-]c-2c1. The summed E-state index contributed by atoms with van der Waals surface area (Å²) in [5.41, 5.74) is 2.74. The Morgan fingerprint density at radius 2 is 1.89 bits per heavy atom. The molecule has 0 fully saturated rings. The molecule has 0 nitrogen and oxygen atoms in total. The van der Waals surface area contributed by atoms with Gasteiger partial charge < -0.3 is 0 Å². The Labute approximate surface area is 200 Å². The monoisotopic (exact) mass is 596 g/mol. The molecule has 0 bridgehead atoms. The van der Waals surface area contributed by atoms with Crippen LogP contribution in [0, 0.1) is 5.92 Å². The van der Waals surface area contributed by atoms with Gasteiger partial charge in [0.2, 0.25) is 0 Å². The molecule has 1 aliphatic carbocycles. The number of alkyl halides is 1. The molecule has 2 aliphatic rings. The van der Waals surface area contributed by atoms with Crippen LogP contribution in [0.5, 0.6) is 0 Å². The molecule has 0 N–H and O–H groups in total. The van der Waals surface area contributed by atoms with Crippen LogP contribution in [0.15, 0.2) is 65.4 Å². The molecule has 2 atom stereocenters. The van der Waals surface area contributed by atoms with Crippen LogP contribution in [-0.4, -0.2) is 12.5 Å². The molecule has 0 spiro atoms. The van der Waals surface area contributed by atoms with Gasteiger partial charge in [-0.1, -0.05) is 44.6 Å². The summed E-state index contributed by atoms with van der Waals surface area (Å²) in [6.07, 6.45) is 6.93. The number of unbranched alkanes of at least 4 members (excludes halogenated alkanes) is 1. The number of fused-ring (bicyclic) bond motifs is 2. The van der Waals surface area contributed by atoms with Crippen molar-refractivity contribution >= 4 is 47.6 Å². The Hall–Kier alpha value is -0.270. The van der Waals surface area contributed by atoms with E-state index in [1.54, 1.807) is 16.6 Å². The maximum Gasteiger partial charge on any atom is 4.00 e. The topological polar surface area (TPSA) is 0 Å². The first-order valence-corrected chi connectivity index (χ1v) is 12.5. The molecule has 1 aliphatic heterocycles. The third kappa shape index (κ3) is 7.86. The predicted octanol–water partition coefficient (Wildman–Crippen LogP) is 8.11. The van der Waals surface area contributed by atoms with E-state index in [4.69, 9.17) is 0 Å². The van der Waals surface area contributed by atoms with E-state index in [0.717, 1.165) is 14.5 Å². The van der Waals surface area contributed by atoms with Gasteiger partial charge in [-0.25, -0.2) is 0 Å². The standard InChI is InChI=1S/C16H22P.C7H5S.CH3Cl.Hf/c1-3-4-7-13(2)12-17-16-11-10-14-8-5-6-9-15(14)16;1-2-6-4-8-5-7(6)3-1;1-2;/h5-6,8-11,13,17H,3-4,7,12H2,1-2H3;1-5H;1H3;/q2*-1;;+4. The van der Waals surface area contributed by atoms with Gasteiger partial charge in [-0.05, 0) is 12.1 Å². The Morgan fingerprint density at radius 3 is 2.64 bits per heavy atom. The largest absolute Gasteiger partial charge is 4.00 e. The van der Waals surface area contributed by atoms with Crippen molar-refractivity contribution in [3.05, 3.63) is 65.4 Å². The molecule has 0 saturated carbocycles. The average molecular weight is 595 g/mol. The first-order valence-electron chi connectivity index (χ1n) is 9.61. The van der Waals surface area contributed by atoms with E-state index >= 15 is 0 Å². The molecule has 2 unspecified atom stereocenters. The molecule has 0 radical (unpaired) electrons. The number of hydrogen-bond donors (Lipinski definition) is 0. The van der Waals surface area contributed by atoms with Gasteiger partial charge in [0.1, 0.15) is 0 Å². The predicted molar refractivity (Wildman–Crippen MR) is 129 cm³/mol. The van der Waals surface area contributed by atoms with Crippen LogP contribution >= 0.6 is 31.5 Å². The number of hydrogen-bond acceptors (Lipinski definition) is 1. The van der Waals surface area contributed by atoms with E-state index in [0.29, 0.717) is 0 Å². The van der Waals surface area contributed by atoms with E-state index in [1.165, 1.54) is 53.7 Å². The molecule has 0 aromatic heterocycles. The van der Waals surface area contributed by atoms with Crippen molar-refractivity contribution in [1.29, 1.82) is 0 Å². The summed E-state index contributed by atoms with van der Waals surface area (Å²) < 4.78 is 0. The van der Waals surface area contributed by atoms with Crippen molar-refractivity contribution in [1.82, 2.24) is 0 Å². The van der Waals surface area contributed by atoms with Crippen LogP contribution in [-0.2, 0) is 25.8 Å². The quantitative estimate of drug-likeness (QED) is 0.0915. The van der Waals surface area contributed by atoms with E-state index in [2.05, 4.69) is 90.8 Å². The van der Waals surface area contributed by atoms with Crippen LogP contribution < -0.4 is 5.30 Å². The summed E-state index contributed by atoms with van der Waals surface area (Å²) in [4.78, 5) is 0. The zero-order chi connectivity index (χ0) is 19.5. The van der Waals surface area contributed by atoms with E-state index < -0.39 is 0 Å². The van der Waals surface area contributed by atoms with Crippen molar-refractivity contribution in [3.63, 3.8) is 0 Å². The Balaban J connectivity index is 0.000000297. The molecule has 0 saturated heterocycles. The van der Waals surface area contributed by atoms with Gasteiger partial charge in [-0.2, -0.15) is 6.07 Å². The van der Waals surface area contributed by atoms with Crippen LogP contribution in [0.3, 0.4) is 0 Å². The van der Waals surface area contributed by atoms with Crippen molar-refractivity contribution in [2.45, 2.75) is 33.1 Å². The minimum Gasteiger partial charge on any atom is -0.263 e. The summed E-state index contributed by atoms with van der Waals surface area (Å²) in [5, 5.41) is 8.75. The third-order valence-electron chi connectivity index (χ3n) is 4.65. The van der Waals surface area contributed by atoms with Gasteiger partial charge in [0, 0.05) is 6.38 Å². The summed E-state index contributed by atoms with van der Waals surface area (Å²) in [5.74, 6) is 0.877. The molecule has 2 aromatic rings. The second kappa shape index (κ2) is 14.7. The summed E-state index contributed by atoms with van der Waals surface area (Å²) in [6, 6.07) is 19.7. The van der Waals surface area contributed by atoms with Gasteiger partial charge in [-0.15, -0.1) is 95.2 Å². The number of halogens is 1. The Kier molecular flexibility index (Phi) is 13.5. The molecule has 28 heavy (non-hydrogen) atoms. The maximum absolute atomic E-state index is 4.64. The van der Waals surface area contributed by atoms with Crippen molar-refractivity contribution in [2.75, 3.05) is 12.5 Å². The molecular weight excluding hydrogens is 565 g/mol. The molecule has 2 aromatic carbocycles. The molecular formula is C24H30ClHfPS+2. The molecule has 146 valence electrons. The van der Waals surface area contributed by atoms with Gasteiger partial charge in [0.25, 0.3) is 0 Å². The minimum absolute atomic E-state index is 0. The maximum atomic E-state index is 4.64. The molecule has 0 amide bonds. The molecule has 4 rings (SSSR count). The smallest absolute Gasteiger partial charge is 0.263 e. The van der Waals surface area contributed by atoms with Crippen LogP contribution in [0.4, 0.5) is 0 Å². The number of benzene rings is 1. The van der Waals surface area contributed by atoms with E-state index in [9.17, 15) is 0 Å². The van der Waals surface area contributed by atoms with E-state index in [1.807, 2.05) is 0 Å². The fraction of sp³-hybridized carbons (Fsp3) is 0.333. The van der Waals surface area contributed by atoms with Crippen molar-refractivity contribution in [3.8, 4) is 11.1 Å². The third-order valence-corrected chi connectivity index (χ3v) is 7.14. The van der Waals surface area contributed by atoms with Crippen LogP contribution in [0.2, 0.25) is 0 Å². The average Bonchev–Trinajstić information content (AvgIpc) is 3.43. The normalized spacial score (nSPS) is 11.6. The fourth-order valence-electron chi connectivity index (χ4n) is 3.09. The van der Waals surface area contributed by atoms with Crippen molar-refractivity contribution in [2.24, 2.45) is 5.92 Å². The summed E-state index contributed by atoms with van der Waals surface area (Å²) in [7, 11) is 0.974. The van der Waals surface area contributed by atoms with Crippen LogP contribution in [0.1, 0.15) is 33.1 Å². The summed E-state index contributed by atoms with van der Waals surface area (Å²) >= 11 is 6.40. The molecule has 4 heteroatoms. The zero-order valence-electron chi connectivity index (χ0n) is 17.0. The Morgan fingerprint density at radius 1 is 1.11 bits per heavy atom. The number of thiophene rings is 1. The second-order valence-corrected chi connectivity index (χ2v) is 8.81. The van der Waals surface area contributed by atoms with Crippen LogP contribution in [0.25, 0.3) is 21.9 Å². The van der Waals surface area contributed by atoms with Gasteiger partial charge in [-0.3, -0.25) is 11.3 Å². The summed E-state index contributed by atoms with van der Waals surface area (Å²) in [6.45, 7) is 4.67. The van der Waals surface area contributed by atoms with E-state index in [-0.39, 0.29) is 25.8 Å². The second-order valence-electron chi connectivity index (χ2n) is 6.77. The first kappa shape index (κ1) is 25.8. The first-order chi connectivity index (χ1) is 13.3. The zero-order valence-corrected chi connectivity index (χ0v) is 23.2. The molecule has 1 heterocycles. The number of rotatable bonds is 6. The fourth-order valence-corrected chi connectivity index (χ4v) is 5.27. The Bertz CT molecular complexity index is 802. The van der Waals surface area contributed by atoms with Gasteiger partial charge in [0.05, 0.1) is 0 Å². The van der Waals surface area contributed by atoms with Gasteiger partial charge >= 0.3 is 25.8 Å².